The van der Waals surface area contributed by atoms with Crippen molar-refractivity contribution in [1.82, 2.24) is 20.8 Å². The topological polar surface area (TPSA) is 88.3 Å². The van der Waals surface area contributed by atoms with Crippen LogP contribution in [0.15, 0.2) is 30.3 Å². The van der Waals surface area contributed by atoms with Gasteiger partial charge in [0.2, 0.25) is 0 Å². The van der Waals surface area contributed by atoms with E-state index in [0.717, 1.165) is 23.9 Å². The minimum atomic E-state index is -4.49. The van der Waals surface area contributed by atoms with Crippen LogP contribution < -0.4 is 15.4 Å². The Bertz CT molecular complexity index is 808. The molecule has 1 amide bonds. The van der Waals surface area contributed by atoms with E-state index < -0.39 is 18.0 Å². The van der Waals surface area contributed by atoms with Crippen LogP contribution in [0.4, 0.5) is 18.0 Å². The van der Waals surface area contributed by atoms with Crippen molar-refractivity contribution in [2.24, 2.45) is 0 Å². The van der Waals surface area contributed by atoms with E-state index in [2.05, 4.69) is 20.8 Å². The summed E-state index contributed by atoms with van der Waals surface area (Å²) in [4.78, 5) is 12.1. The first-order valence-corrected chi connectivity index (χ1v) is 9.27. The highest BCUT2D eigenvalue weighted by Crippen LogP contribution is 2.27. The number of hydrogen-bond acceptors (Lipinski definition) is 5. The zero-order chi connectivity index (χ0) is 20.9. The van der Waals surface area contributed by atoms with Crippen molar-refractivity contribution in [3.8, 4) is 5.75 Å². The molecular weight excluding hydrogens is 389 g/mol. The van der Waals surface area contributed by atoms with Crippen molar-refractivity contribution >= 4 is 6.09 Å². The molecule has 1 fully saturated rings. The fraction of sp³-hybridized carbons (Fsp3) is 0.474. The van der Waals surface area contributed by atoms with E-state index in [1.807, 2.05) is 24.3 Å². The van der Waals surface area contributed by atoms with E-state index in [4.69, 9.17) is 9.47 Å². The van der Waals surface area contributed by atoms with Gasteiger partial charge in [-0.2, -0.15) is 18.3 Å². The van der Waals surface area contributed by atoms with Crippen molar-refractivity contribution < 1.29 is 27.4 Å². The summed E-state index contributed by atoms with van der Waals surface area (Å²) in [6.07, 6.45) is -3.76. The number of aromatic amines is 1. The largest absolute Gasteiger partial charge is 0.497 e. The van der Waals surface area contributed by atoms with E-state index in [9.17, 15) is 18.0 Å². The molecule has 1 aromatic heterocycles. The molecule has 2 heterocycles. The normalized spacial score (nSPS) is 19.2. The van der Waals surface area contributed by atoms with Gasteiger partial charge in [0.15, 0.2) is 5.69 Å². The molecule has 1 aliphatic heterocycles. The second-order valence-electron chi connectivity index (χ2n) is 6.80. The highest BCUT2D eigenvalue weighted by Gasteiger charge is 2.34. The predicted molar refractivity (Wildman–Crippen MR) is 98.7 cm³/mol. The number of ether oxygens (including phenoxy) is 2. The summed E-state index contributed by atoms with van der Waals surface area (Å²) in [6.45, 7) is 0.884. The highest BCUT2D eigenvalue weighted by molar-refractivity contribution is 5.67. The predicted octanol–water partition coefficient (Wildman–Crippen LogP) is 2.68. The number of nitrogens with zero attached hydrogens (tertiary/aromatic N) is 1. The van der Waals surface area contributed by atoms with Crippen LogP contribution in [-0.2, 0) is 23.8 Å². The van der Waals surface area contributed by atoms with Crippen molar-refractivity contribution in [3.63, 3.8) is 0 Å². The molecule has 1 aromatic carbocycles. The number of H-pyrrole nitrogens is 1. The lowest BCUT2D eigenvalue weighted by atomic mass is 10.0. The summed E-state index contributed by atoms with van der Waals surface area (Å²) >= 11 is 0. The molecule has 1 aliphatic rings. The van der Waals surface area contributed by atoms with E-state index in [0.29, 0.717) is 12.8 Å². The SMILES string of the molecule is COc1ccc(CC2NCCC2OC(=O)NCCc2cc(C(F)(F)F)n[nH]2)cc1. The van der Waals surface area contributed by atoms with E-state index >= 15 is 0 Å². The number of aromatic nitrogens is 2. The molecule has 29 heavy (non-hydrogen) atoms. The van der Waals surface area contributed by atoms with Gasteiger partial charge in [-0.25, -0.2) is 4.79 Å². The molecule has 0 radical (unpaired) electrons. The van der Waals surface area contributed by atoms with Crippen LogP contribution >= 0.6 is 0 Å². The minimum absolute atomic E-state index is 0.00362. The van der Waals surface area contributed by atoms with Gasteiger partial charge in [0.05, 0.1) is 7.11 Å². The molecule has 0 aliphatic carbocycles. The van der Waals surface area contributed by atoms with Gasteiger partial charge in [-0.1, -0.05) is 12.1 Å². The maximum Gasteiger partial charge on any atom is 0.435 e. The third kappa shape index (κ3) is 5.86. The minimum Gasteiger partial charge on any atom is -0.497 e. The third-order valence-corrected chi connectivity index (χ3v) is 4.74. The smallest absolute Gasteiger partial charge is 0.435 e. The van der Waals surface area contributed by atoms with E-state index in [1.165, 1.54) is 0 Å². The standard InChI is InChI=1S/C19H23F3N4O3/c1-28-14-4-2-12(3-5-14)10-15-16(7-9-23-15)29-18(27)24-8-6-13-11-17(26-25-13)19(20,21)22/h2-5,11,15-16,23H,6-10H2,1H3,(H,24,27)(H,25,26). The van der Waals surface area contributed by atoms with Gasteiger partial charge in [0.25, 0.3) is 0 Å². The zero-order valence-corrected chi connectivity index (χ0v) is 15.9. The molecular formula is C19H23F3N4O3. The molecule has 7 nitrogen and oxygen atoms in total. The fourth-order valence-corrected chi connectivity index (χ4v) is 3.22. The average Bonchev–Trinajstić information content (AvgIpc) is 3.32. The van der Waals surface area contributed by atoms with Crippen LogP contribution in [0, 0.1) is 0 Å². The van der Waals surface area contributed by atoms with Gasteiger partial charge >= 0.3 is 12.3 Å². The lowest BCUT2D eigenvalue weighted by molar-refractivity contribution is -0.141. The number of carbonyl (C=O) groups excluding carboxylic acids is 1. The third-order valence-electron chi connectivity index (χ3n) is 4.74. The number of nitrogens with one attached hydrogen (secondary N) is 3. The fourth-order valence-electron chi connectivity index (χ4n) is 3.22. The van der Waals surface area contributed by atoms with Crippen LogP contribution in [0.3, 0.4) is 0 Å². The zero-order valence-electron chi connectivity index (χ0n) is 15.9. The van der Waals surface area contributed by atoms with Crippen LogP contribution in [0.5, 0.6) is 5.75 Å². The van der Waals surface area contributed by atoms with Gasteiger partial charge in [0.1, 0.15) is 11.9 Å². The van der Waals surface area contributed by atoms with E-state index in [-0.39, 0.29) is 30.8 Å². The number of hydrogen-bond donors (Lipinski definition) is 3. The van der Waals surface area contributed by atoms with Gasteiger partial charge in [-0.15, -0.1) is 0 Å². The average molecular weight is 412 g/mol. The molecule has 3 rings (SSSR count). The number of amides is 1. The first-order chi connectivity index (χ1) is 13.8. The molecule has 0 spiro atoms. The number of carbonyl (C=O) groups is 1. The molecule has 2 unspecified atom stereocenters. The van der Waals surface area contributed by atoms with Crippen molar-refractivity contribution in [2.75, 3.05) is 20.2 Å². The number of halogens is 3. The van der Waals surface area contributed by atoms with Crippen molar-refractivity contribution in [2.45, 2.75) is 37.6 Å². The second-order valence-corrected chi connectivity index (χ2v) is 6.80. The first-order valence-electron chi connectivity index (χ1n) is 9.27. The van der Waals surface area contributed by atoms with Crippen LogP contribution in [-0.4, -0.2) is 48.6 Å². The summed E-state index contributed by atoms with van der Waals surface area (Å²) in [7, 11) is 1.61. The lowest BCUT2D eigenvalue weighted by Crippen LogP contribution is -2.38. The summed E-state index contributed by atoms with van der Waals surface area (Å²) < 4.78 is 48.2. The highest BCUT2D eigenvalue weighted by atomic mass is 19.4. The Kier molecular flexibility index (Phi) is 6.63. The molecule has 0 bridgehead atoms. The van der Waals surface area contributed by atoms with Gasteiger partial charge in [0, 0.05) is 24.7 Å². The Balaban J connectivity index is 1.43. The summed E-state index contributed by atoms with van der Waals surface area (Å²) in [6, 6.07) is 8.62. The molecule has 158 valence electrons. The Morgan fingerprint density at radius 1 is 1.31 bits per heavy atom. The van der Waals surface area contributed by atoms with Crippen LogP contribution in [0.1, 0.15) is 23.4 Å². The molecule has 3 N–H and O–H groups in total. The maximum atomic E-state index is 12.5. The van der Waals surface area contributed by atoms with E-state index in [1.54, 1.807) is 7.11 Å². The summed E-state index contributed by atoms with van der Waals surface area (Å²) in [5, 5.41) is 11.4. The Morgan fingerprint density at radius 3 is 2.72 bits per heavy atom. The number of alkyl carbamates (subject to hydrolysis) is 1. The van der Waals surface area contributed by atoms with Crippen LogP contribution in [0.25, 0.3) is 0 Å². The second kappa shape index (κ2) is 9.17. The van der Waals surface area contributed by atoms with Gasteiger partial charge < -0.3 is 20.1 Å². The summed E-state index contributed by atoms with van der Waals surface area (Å²) in [5.74, 6) is 0.778. The number of rotatable bonds is 7. The lowest BCUT2D eigenvalue weighted by Gasteiger charge is -2.20. The van der Waals surface area contributed by atoms with Crippen molar-refractivity contribution in [1.29, 1.82) is 0 Å². The number of benzene rings is 1. The maximum absolute atomic E-state index is 12.5. The molecule has 2 aromatic rings. The molecule has 2 atom stereocenters. The number of methoxy groups -OCH3 is 1. The summed E-state index contributed by atoms with van der Waals surface area (Å²) in [5.41, 5.74) is 0.407. The van der Waals surface area contributed by atoms with Gasteiger partial charge in [-0.3, -0.25) is 5.10 Å². The Hall–Kier alpha value is -2.75. The van der Waals surface area contributed by atoms with Crippen LogP contribution in [0.2, 0.25) is 0 Å². The van der Waals surface area contributed by atoms with Gasteiger partial charge in [-0.05, 0) is 43.1 Å². The first kappa shape index (κ1) is 21.0. The quantitative estimate of drug-likeness (QED) is 0.651. The molecule has 1 saturated heterocycles. The Morgan fingerprint density at radius 2 is 2.07 bits per heavy atom. The monoisotopic (exact) mass is 412 g/mol. The number of alkyl halides is 3. The molecule has 0 saturated carbocycles. The van der Waals surface area contributed by atoms with Crippen molar-refractivity contribution in [3.05, 3.63) is 47.3 Å². The molecule has 10 heteroatoms. The Labute approximate surface area is 166 Å².